The Bertz CT molecular complexity index is 348. The molecule has 0 radical (unpaired) electrons. The van der Waals surface area contributed by atoms with Crippen molar-refractivity contribution in [3.63, 3.8) is 0 Å². The minimum Gasteiger partial charge on any atom is -0.298 e. The molecule has 0 saturated carbocycles. The Morgan fingerprint density at radius 1 is 1.62 bits per heavy atom. The predicted molar refractivity (Wildman–Crippen MR) is 59.3 cm³/mol. The standard InChI is InChI=1S/C8H10Br2N2O/c1-6-7(10)8(13)12(5-11-6)4-2-3-9/h5H,2-4H2,1H3. The second-order valence-corrected chi connectivity index (χ2v) is 4.27. The lowest BCUT2D eigenvalue weighted by molar-refractivity contribution is 0.639. The Kier molecular flexibility index (Phi) is 4.12. The summed E-state index contributed by atoms with van der Waals surface area (Å²) in [6.07, 6.45) is 2.52. The molecular formula is C8H10Br2N2O. The van der Waals surface area contributed by atoms with Crippen LogP contribution in [0.1, 0.15) is 12.1 Å². The lowest BCUT2D eigenvalue weighted by Crippen LogP contribution is -2.22. The molecule has 13 heavy (non-hydrogen) atoms. The Balaban J connectivity index is 2.97. The molecule has 0 aliphatic heterocycles. The van der Waals surface area contributed by atoms with Crippen molar-refractivity contribution in [2.45, 2.75) is 19.9 Å². The van der Waals surface area contributed by atoms with Crippen molar-refractivity contribution < 1.29 is 0 Å². The van der Waals surface area contributed by atoms with E-state index < -0.39 is 0 Å². The van der Waals surface area contributed by atoms with Crippen LogP contribution in [0, 0.1) is 6.92 Å². The molecule has 0 fully saturated rings. The van der Waals surface area contributed by atoms with Gasteiger partial charge in [-0.1, -0.05) is 15.9 Å². The van der Waals surface area contributed by atoms with E-state index in [1.54, 1.807) is 17.8 Å². The minimum atomic E-state index is -0.00606. The molecule has 1 aromatic rings. The van der Waals surface area contributed by atoms with Gasteiger partial charge in [0.1, 0.15) is 4.47 Å². The van der Waals surface area contributed by atoms with Crippen LogP contribution in [-0.2, 0) is 6.54 Å². The number of aromatic nitrogens is 2. The largest absolute Gasteiger partial charge is 0.298 e. The fraction of sp³-hybridized carbons (Fsp3) is 0.500. The van der Waals surface area contributed by atoms with Crippen LogP contribution in [0.25, 0.3) is 0 Å². The predicted octanol–water partition coefficient (Wildman–Crippen LogP) is 2.10. The third-order valence-electron chi connectivity index (χ3n) is 1.69. The molecule has 0 amide bonds. The van der Waals surface area contributed by atoms with Gasteiger partial charge in [-0.15, -0.1) is 0 Å². The molecule has 1 aromatic heterocycles. The highest BCUT2D eigenvalue weighted by atomic mass is 79.9. The van der Waals surface area contributed by atoms with Crippen LogP contribution in [0.3, 0.4) is 0 Å². The number of hydrogen-bond acceptors (Lipinski definition) is 2. The molecule has 0 aliphatic carbocycles. The van der Waals surface area contributed by atoms with E-state index in [9.17, 15) is 4.79 Å². The molecular weight excluding hydrogens is 300 g/mol. The second kappa shape index (κ2) is 4.91. The monoisotopic (exact) mass is 308 g/mol. The number of hydrogen-bond donors (Lipinski definition) is 0. The van der Waals surface area contributed by atoms with E-state index in [0.29, 0.717) is 11.0 Å². The first-order valence-electron chi connectivity index (χ1n) is 3.94. The Hall–Kier alpha value is -0.160. The van der Waals surface area contributed by atoms with Crippen LogP contribution in [0.4, 0.5) is 0 Å². The molecule has 0 spiro atoms. The van der Waals surface area contributed by atoms with Crippen molar-refractivity contribution in [3.05, 3.63) is 26.8 Å². The van der Waals surface area contributed by atoms with Gasteiger partial charge >= 0.3 is 0 Å². The van der Waals surface area contributed by atoms with Crippen LogP contribution in [-0.4, -0.2) is 14.9 Å². The molecule has 1 heterocycles. The molecule has 1 rings (SSSR count). The van der Waals surface area contributed by atoms with E-state index in [1.165, 1.54) is 0 Å². The van der Waals surface area contributed by atoms with Crippen LogP contribution in [0.15, 0.2) is 15.6 Å². The molecule has 0 N–H and O–H groups in total. The summed E-state index contributed by atoms with van der Waals surface area (Å²) in [7, 11) is 0. The summed E-state index contributed by atoms with van der Waals surface area (Å²) in [5.41, 5.74) is 0.730. The summed E-state index contributed by atoms with van der Waals surface area (Å²) in [6, 6.07) is 0. The van der Waals surface area contributed by atoms with Gasteiger partial charge < -0.3 is 0 Å². The van der Waals surface area contributed by atoms with Crippen molar-refractivity contribution >= 4 is 31.9 Å². The van der Waals surface area contributed by atoms with Gasteiger partial charge in [0.05, 0.1) is 12.0 Å². The van der Waals surface area contributed by atoms with Crippen molar-refractivity contribution in [2.24, 2.45) is 0 Å². The highest BCUT2D eigenvalue weighted by Gasteiger charge is 2.03. The van der Waals surface area contributed by atoms with Crippen molar-refractivity contribution in [1.82, 2.24) is 9.55 Å². The SMILES string of the molecule is Cc1ncn(CCCBr)c(=O)c1Br. The summed E-state index contributed by atoms with van der Waals surface area (Å²) in [5.74, 6) is 0. The van der Waals surface area contributed by atoms with Gasteiger partial charge in [-0.05, 0) is 29.3 Å². The molecule has 0 bridgehead atoms. The summed E-state index contributed by atoms with van der Waals surface area (Å²) < 4.78 is 2.17. The maximum absolute atomic E-state index is 11.6. The van der Waals surface area contributed by atoms with Gasteiger partial charge in [0.25, 0.3) is 5.56 Å². The summed E-state index contributed by atoms with van der Waals surface area (Å²) >= 11 is 6.53. The zero-order chi connectivity index (χ0) is 9.84. The number of halogens is 2. The van der Waals surface area contributed by atoms with Gasteiger partial charge in [0, 0.05) is 11.9 Å². The number of rotatable bonds is 3. The zero-order valence-corrected chi connectivity index (χ0v) is 10.4. The van der Waals surface area contributed by atoms with E-state index >= 15 is 0 Å². The number of nitrogens with zero attached hydrogens (tertiary/aromatic N) is 2. The molecule has 5 heteroatoms. The Morgan fingerprint density at radius 3 is 2.92 bits per heavy atom. The minimum absolute atomic E-state index is 0.00606. The normalized spacial score (nSPS) is 10.4. The van der Waals surface area contributed by atoms with E-state index in [0.717, 1.165) is 17.4 Å². The first kappa shape index (κ1) is 10.9. The van der Waals surface area contributed by atoms with E-state index in [1.807, 2.05) is 0 Å². The van der Waals surface area contributed by atoms with Crippen LogP contribution in [0.2, 0.25) is 0 Å². The van der Waals surface area contributed by atoms with Crippen molar-refractivity contribution in [1.29, 1.82) is 0 Å². The quantitative estimate of drug-likeness (QED) is 0.802. The lowest BCUT2D eigenvalue weighted by Gasteiger charge is -2.04. The lowest BCUT2D eigenvalue weighted by atomic mass is 10.4. The Labute approximate surface area is 93.4 Å². The van der Waals surface area contributed by atoms with Gasteiger partial charge in [0.2, 0.25) is 0 Å². The highest BCUT2D eigenvalue weighted by molar-refractivity contribution is 9.10. The molecule has 3 nitrogen and oxygen atoms in total. The van der Waals surface area contributed by atoms with Gasteiger partial charge in [-0.2, -0.15) is 0 Å². The number of aryl methyl sites for hydroxylation is 2. The van der Waals surface area contributed by atoms with Gasteiger partial charge in [-0.25, -0.2) is 4.98 Å². The maximum Gasteiger partial charge on any atom is 0.267 e. The van der Waals surface area contributed by atoms with Crippen molar-refractivity contribution in [2.75, 3.05) is 5.33 Å². The second-order valence-electron chi connectivity index (χ2n) is 2.69. The molecule has 0 atom stereocenters. The fourth-order valence-corrected chi connectivity index (χ4v) is 1.52. The zero-order valence-electron chi connectivity index (χ0n) is 7.26. The summed E-state index contributed by atoms with van der Waals surface area (Å²) in [5, 5.41) is 0.894. The van der Waals surface area contributed by atoms with Gasteiger partial charge in [0.15, 0.2) is 0 Å². The van der Waals surface area contributed by atoms with E-state index in [4.69, 9.17) is 0 Å². The summed E-state index contributed by atoms with van der Waals surface area (Å²) in [4.78, 5) is 15.6. The topological polar surface area (TPSA) is 34.9 Å². The first-order valence-corrected chi connectivity index (χ1v) is 5.85. The third kappa shape index (κ3) is 2.64. The molecule has 0 aromatic carbocycles. The number of alkyl halides is 1. The third-order valence-corrected chi connectivity index (χ3v) is 3.16. The van der Waals surface area contributed by atoms with E-state index in [2.05, 4.69) is 36.8 Å². The van der Waals surface area contributed by atoms with Crippen LogP contribution < -0.4 is 5.56 Å². The fourth-order valence-electron chi connectivity index (χ4n) is 0.936. The van der Waals surface area contributed by atoms with Crippen LogP contribution in [0.5, 0.6) is 0 Å². The molecule has 0 aliphatic rings. The average molecular weight is 310 g/mol. The van der Waals surface area contributed by atoms with E-state index in [-0.39, 0.29) is 5.56 Å². The average Bonchev–Trinajstić information content (AvgIpc) is 2.13. The molecule has 0 unspecified atom stereocenters. The van der Waals surface area contributed by atoms with Crippen LogP contribution >= 0.6 is 31.9 Å². The highest BCUT2D eigenvalue weighted by Crippen LogP contribution is 2.06. The first-order chi connectivity index (χ1) is 6.16. The maximum atomic E-state index is 11.6. The summed E-state index contributed by atoms with van der Waals surface area (Å²) in [6.45, 7) is 2.51. The smallest absolute Gasteiger partial charge is 0.267 e. The van der Waals surface area contributed by atoms with Gasteiger partial charge in [-0.3, -0.25) is 9.36 Å². The Morgan fingerprint density at radius 2 is 2.31 bits per heavy atom. The molecule has 72 valence electrons. The van der Waals surface area contributed by atoms with Crippen molar-refractivity contribution in [3.8, 4) is 0 Å². The molecule has 0 saturated heterocycles.